The molecule has 2 aromatic rings. The van der Waals surface area contributed by atoms with Gasteiger partial charge in [-0.3, -0.25) is 0 Å². The molecule has 1 nitrogen and oxygen atoms in total. The molecule has 0 spiro atoms. The molecule has 4 heteroatoms. The Morgan fingerprint density at radius 1 is 1.04 bits per heavy atom. The molecule has 2 rings (SSSR count). The summed E-state index contributed by atoms with van der Waals surface area (Å²) in [6, 6.07) is 14.4. The molecule has 125 valence electrons. The summed E-state index contributed by atoms with van der Waals surface area (Å²) in [5.74, 6) is 0.959. The first-order valence-electron chi connectivity index (χ1n) is 7.80. The Morgan fingerprint density at radius 3 is 2.22 bits per heavy atom. The third-order valence-electron chi connectivity index (χ3n) is 4.50. The fraction of sp³-hybridized carbons (Fsp3) is 0.368. The standard InChI is InChI=1S/C19H24BrClOSi/c1-19(2,3)23(4,5)22-17-9-6-14(7-10-17)12-15-13-16(20)8-11-18(15)21/h6-11,13H,12H2,1-5H3/q-1. The highest BCUT2D eigenvalue weighted by atomic mass is 79.9. The summed E-state index contributed by atoms with van der Waals surface area (Å²) in [7, 11) is -1.78. The zero-order valence-corrected chi connectivity index (χ0v) is 17.8. The number of halogens is 2. The van der Waals surface area contributed by atoms with Crippen LogP contribution in [0, 0.1) is 0 Å². The third-order valence-corrected chi connectivity index (χ3v) is 9.73. The maximum atomic E-state index is 6.32. The van der Waals surface area contributed by atoms with Crippen molar-refractivity contribution in [2.45, 2.75) is 45.3 Å². The van der Waals surface area contributed by atoms with Gasteiger partial charge < -0.3 is 4.43 Å². The zero-order valence-electron chi connectivity index (χ0n) is 14.4. The highest BCUT2D eigenvalue weighted by molar-refractivity contribution is 9.10. The van der Waals surface area contributed by atoms with E-state index in [1.165, 1.54) is 5.56 Å². The summed E-state index contributed by atoms with van der Waals surface area (Å²) in [5.41, 5.74) is 2.35. The highest BCUT2D eigenvalue weighted by Gasteiger charge is 2.26. The van der Waals surface area contributed by atoms with Crippen LogP contribution in [0.3, 0.4) is 0 Å². The average Bonchev–Trinajstić information content (AvgIpc) is 2.43. The van der Waals surface area contributed by atoms with Crippen molar-refractivity contribution in [2.75, 3.05) is 0 Å². The third kappa shape index (κ3) is 4.85. The molecule has 0 aromatic heterocycles. The first kappa shape index (κ1) is 18.6. The van der Waals surface area contributed by atoms with E-state index in [2.05, 4.69) is 80.1 Å². The Kier molecular flexibility index (Phi) is 5.65. The summed E-state index contributed by atoms with van der Waals surface area (Å²) in [4.78, 5) is 0. The SMILES string of the molecule is CC(C)(C)[Si-](C)(C)Oc1ccc(Cc2cc(Br)ccc2Cl)cc1. The Bertz CT molecular complexity index is 675. The molecular weight excluding hydrogens is 388 g/mol. The van der Waals surface area contributed by atoms with Crippen molar-refractivity contribution in [1.29, 1.82) is 0 Å². The van der Waals surface area contributed by atoms with Crippen molar-refractivity contribution in [2.24, 2.45) is 0 Å². The molecule has 0 atom stereocenters. The average molecular weight is 412 g/mol. The van der Waals surface area contributed by atoms with Gasteiger partial charge in [-0.05, 0) is 47.9 Å². The molecule has 0 N–H and O–H groups in total. The minimum Gasteiger partial charge on any atom is -0.689 e. The van der Waals surface area contributed by atoms with Gasteiger partial charge in [0.1, 0.15) is 0 Å². The zero-order chi connectivity index (χ0) is 17.3. The van der Waals surface area contributed by atoms with Gasteiger partial charge in [0.2, 0.25) is 0 Å². The minimum absolute atomic E-state index is 0.204. The summed E-state index contributed by atoms with van der Waals surface area (Å²) < 4.78 is 7.37. The van der Waals surface area contributed by atoms with E-state index in [0.717, 1.165) is 27.2 Å². The molecular formula is C19H24BrClOSi-. The molecule has 23 heavy (non-hydrogen) atoms. The molecule has 2 aromatic carbocycles. The molecule has 0 saturated carbocycles. The van der Waals surface area contributed by atoms with E-state index in [1.807, 2.05) is 12.1 Å². The second-order valence-corrected chi connectivity index (χ2v) is 13.5. The smallest absolute Gasteiger partial charge is 0.0722 e. The van der Waals surface area contributed by atoms with Gasteiger partial charge in [-0.25, -0.2) is 0 Å². The van der Waals surface area contributed by atoms with Crippen molar-refractivity contribution in [3.63, 3.8) is 0 Å². The highest BCUT2D eigenvalue weighted by Crippen LogP contribution is 2.37. The lowest BCUT2D eigenvalue weighted by atomic mass is 10.1. The van der Waals surface area contributed by atoms with E-state index in [4.69, 9.17) is 16.0 Å². The molecule has 0 saturated heterocycles. The van der Waals surface area contributed by atoms with E-state index >= 15 is 0 Å². The quantitative estimate of drug-likeness (QED) is 0.488. The number of benzene rings is 2. The van der Waals surface area contributed by atoms with Crippen LogP contribution in [-0.2, 0) is 6.42 Å². The van der Waals surface area contributed by atoms with Crippen molar-refractivity contribution >= 4 is 35.8 Å². The predicted octanol–water partition coefficient (Wildman–Crippen LogP) is 7.08. The Morgan fingerprint density at radius 2 is 1.65 bits per heavy atom. The van der Waals surface area contributed by atoms with Gasteiger partial charge in [-0.2, -0.15) is 0 Å². The first-order valence-corrected chi connectivity index (χ1v) is 11.9. The van der Waals surface area contributed by atoms with Crippen LogP contribution in [0.25, 0.3) is 0 Å². The van der Waals surface area contributed by atoms with Crippen LogP contribution in [0.15, 0.2) is 46.9 Å². The molecule has 0 radical (unpaired) electrons. The summed E-state index contributed by atoms with van der Waals surface area (Å²) in [6.45, 7) is 11.3. The lowest BCUT2D eigenvalue weighted by Crippen LogP contribution is -2.43. The number of rotatable bonds is 4. The Labute approximate surface area is 154 Å². The monoisotopic (exact) mass is 410 g/mol. The van der Waals surface area contributed by atoms with Gasteiger partial charge in [0.05, 0.1) is 5.75 Å². The maximum absolute atomic E-state index is 6.32. The number of hydrogen-bond donors (Lipinski definition) is 0. The van der Waals surface area contributed by atoms with Crippen LogP contribution < -0.4 is 4.43 Å². The normalized spacial score (nSPS) is 12.3. The fourth-order valence-corrected chi connectivity index (χ4v) is 3.65. The first-order chi connectivity index (χ1) is 10.6. The van der Waals surface area contributed by atoms with E-state index in [1.54, 1.807) is 0 Å². The van der Waals surface area contributed by atoms with Crippen LogP contribution in [0.1, 0.15) is 31.9 Å². The lowest BCUT2D eigenvalue weighted by molar-refractivity contribution is 0.492. The Hall–Kier alpha value is -0.773. The van der Waals surface area contributed by atoms with Gasteiger partial charge in [-0.15, -0.1) is 18.1 Å². The molecule has 0 aliphatic heterocycles. The second-order valence-electron chi connectivity index (χ2n) is 7.42. The van der Waals surface area contributed by atoms with Crippen molar-refractivity contribution in [3.8, 4) is 5.75 Å². The van der Waals surface area contributed by atoms with Gasteiger partial charge in [0, 0.05) is 17.8 Å². The van der Waals surface area contributed by atoms with Gasteiger partial charge in [0.25, 0.3) is 0 Å². The fourth-order valence-electron chi connectivity index (χ4n) is 2.02. The lowest BCUT2D eigenvalue weighted by Gasteiger charge is -2.48. The van der Waals surface area contributed by atoms with E-state index in [9.17, 15) is 0 Å². The van der Waals surface area contributed by atoms with Crippen LogP contribution in [0.2, 0.25) is 23.2 Å². The Balaban J connectivity index is 2.12. The maximum Gasteiger partial charge on any atom is 0.0722 e. The van der Waals surface area contributed by atoms with Crippen LogP contribution in [0.4, 0.5) is 0 Å². The van der Waals surface area contributed by atoms with E-state index < -0.39 is 8.32 Å². The van der Waals surface area contributed by atoms with Crippen LogP contribution >= 0.6 is 27.5 Å². The van der Waals surface area contributed by atoms with Crippen molar-refractivity contribution in [1.82, 2.24) is 0 Å². The van der Waals surface area contributed by atoms with Gasteiger partial charge in [0.15, 0.2) is 0 Å². The molecule has 0 heterocycles. The molecule has 0 aliphatic carbocycles. The molecule has 0 unspecified atom stereocenters. The molecule has 0 amide bonds. The number of hydrogen-bond acceptors (Lipinski definition) is 1. The molecule has 0 aliphatic rings. The van der Waals surface area contributed by atoms with Crippen LogP contribution in [0.5, 0.6) is 5.75 Å². The largest absolute Gasteiger partial charge is 0.689 e. The second kappa shape index (κ2) is 7.00. The van der Waals surface area contributed by atoms with E-state index in [0.29, 0.717) is 0 Å². The van der Waals surface area contributed by atoms with Crippen molar-refractivity contribution < 1.29 is 4.43 Å². The molecule has 0 fully saturated rings. The summed E-state index contributed by atoms with van der Waals surface area (Å²) >= 11 is 9.77. The predicted molar refractivity (Wildman–Crippen MR) is 106 cm³/mol. The molecule has 0 bridgehead atoms. The van der Waals surface area contributed by atoms with E-state index in [-0.39, 0.29) is 5.04 Å². The van der Waals surface area contributed by atoms with Gasteiger partial charge in [-0.1, -0.05) is 60.4 Å². The van der Waals surface area contributed by atoms with Gasteiger partial charge >= 0.3 is 0 Å². The van der Waals surface area contributed by atoms with Crippen molar-refractivity contribution in [3.05, 3.63) is 63.1 Å². The van der Waals surface area contributed by atoms with Crippen LogP contribution in [-0.4, -0.2) is 8.32 Å². The topological polar surface area (TPSA) is 9.23 Å². The summed E-state index contributed by atoms with van der Waals surface area (Å²) in [5, 5.41) is 1.00. The summed E-state index contributed by atoms with van der Waals surface area (Å²) in [6.07, 6.45) is 0.818. The minimum atomic E-state index is -1.78.